The summed E-state index contributed by atoms with van der Waals surface area (Å²) in [7, 11) is 0. The van der Waals surface area contributed by atoms with Crippen LogP contribution in [-0.4, -0.2) is 43.1 Å². The summed E-state index contributed by atoms with van der Waals surface area (Å²) >= 11 is 0. The van der Waals surface area contributed by atoms with Crippen molar-refractivity contribution in [3.63, 3.8) is 0 Å². The molecule has 6 nitrogen and oxygen atoms in total. The highest BCUT2D eigenvalue weighted by Gasteiger charge is 2.31. The highest BCUT2D eigenvalue weighted by molar-refractivity contribution is 5.94. The molecule has 0 aliphatic heterocycles. The number of carbonyl (C=O) groups is 2. The van der Waals surface area contributed by atoms with E-state index in [4.69, 9.17) is 5.11 Å². The van der Waals surface area contributed by atoms with Crippen LogP contribution in [0, 0.1) is 0 Å². The fourth-order valence-electron chi connectivity index (χ4n) is 1.33. The molecule has 1 aromatic rings. The molecule has 0 aliphatic rings. The molecule has 1 rings (SSSR count). The highest BCUT2D eigenvalue weighted by Crippen LogP contribution is 2.23. The third-order valence-electron chi connectivity index (χ3n) is 2.09. The van der Waals surface area contributed by atoms with Gasteiger partial charge in [0.2, 0.25) is 0 Å². The van der Waals surface area contributed by atoms with Crippen LogP contribution in [0.25, 0.3) is 0 Å². The lowest BCUT2D eigenvalue weighted by Gasteiger charge is -2.10. The van der Waals surface area contributed by atoms with Gasteiger partial charge in [0, 0.05) is 12.1 Å². The summed E-state index contributed by atoms with van der Waals surface area (Å²) in [4.78, 5) is 21.8. The minimum atomic E-state index is -4.83. The lowest BCUT2D eigenvalue weighted by atomic mass is 10.2. The number of benzene rings is 1. The second-order valence-electron chi connectivity index (χ2n) is 3.78. The van der Waals surface area contributed by atoms with Crippen molar-refractivity contribution >= 4 is 11.9 Å². The van der Waals surface area contributed by atoms with E-state index in [2.05, 4.69) is 14.8 Å². The maximum absolute atomic E-state index is 12.0. The lowest BCUT2D eigenvalue weighted by Crippen LogP contribution is -2.28. The smallest absolute Gasteiger partial charge is 0.480 e. The predicted octanol–water partition coefficient (Wildman–Crippen LogP) is 1.42. The molecular formula is C12H12F3NO5. The van der Waals surface area contributed by atoms with E-state index in [1.807, 2.05) is 0 Å². The summed E-state index contributed by atoms with van der Waals surface area (Å²) in [6.07, 6.45) is -4.83. The summed E-state index contributed by atoms with van der Waals surface area (Å²) < 4.78 is 44.5. The molecule has 0 atom stereocenters. The third-order valence-corrected chi connectivity index (χ3v) is 2.09. The fourth-order valence-corrected chi connectivity index (χ4v) is 1.33. The van der Waals surface area contributed by atoms with E-state index in [0.29, 0.717) is 0 Å². The number of amides is 1. The Hall–Kier alpha value is -2.29. The van der Waals surface area contributed by atoms with Gasteiger partial charge in [-0.25, -0.2) is 4.79 Å². The molecule has 21 heavy (non-hydrogen) atoms. The van der Waals surface area contributed by atoms with Gasteiger partial charge in [-0.15, -0.1) is 13.2 Å². The van der Waals surface area contributed by atoms with Gasteiger partial charge in [-0.1, -0.05) is 6.07 Å². The summed E-state index contributed by atoms with van der Waals surface area (Å²) in [5.41, 5.74) is -0.0185. The molecule has 0 spiro atoms. The Balaban J connectivity index is 2.47. The quantitative estimate of drug-likeness (QED) is 0.744. The molecule has 9 heteroatoms. The molecule has 1 amide bonds. The number of alkyl halides is 3. The molecule has 1 aromatic carbocycles. The minimum Gasteiger partial charge on any atom is -0.480 e. The first-order chi connectivity index (χ1) is 9.78. The first-order valence-corrected chi connectivity index (χ1v) is 5.71. The van der Waals surface area contributed by atoms with E-state index >= 15 is 0 Å². The van der Waals surface area contributed by atoms with E-state index in [0.717, 1.165) is 12.1 Å². The first-order valence-electron chi connectivity index (χ1n) is 5.71. The van der Waals surface area contributed by atoms with E-state index in [9.17, 15) is 22.8 Å². The van der Waals surface area contributed by atoms with Crippen LogP contribution in [0.15, 0.2) is 24.3 Å². The number of nitrogens with one attached hydrogen (secondary N) is 1. The van der Waals surface area contributed by atoms with E-state index in [1.54, 1.807) is 0 Å². The van der Waals surface area contributed by atoms with Gasteiger partial charge >= 0.3 is 12.3 Å². The molecule has 0 unspecified atom stereocenters. The molecule has 0 saturated heterocycles. The largest absolute Gasteiger partial charge is 0.573 e. The lowest BCUT2D eigenvalue weighted by molar-refractivity contribution is -0.274. The zero-order valence-corrected chi connectivity index (χ0v) is 10.6. The van der Waals surface area contributed by atoms with Gasteiger partial charge in [0.05, 0.1) is 6.61 Å². The van der Waals surface area contributed by atoms with Crippen molar-refractivity contribution in [2.24, 2.45) is 0 Å². The van der Waals surface area contributed by atoms with Crippen LogP contribution >= 0.6 is 0 Å². The van der Waals surface area contributed by atoms with E-state index < -0.39 is 30.6 Å². The highest BCUT2D eigenvalue weighted by atomic mass is 19.4. The average molecular weight is 307 g/mol. The molecule has 116 valence electrons. The molecule has 0 fully saturated rings. The van der Waals surface area contributed by atoms with Crippen molar-refractivity contribution in [1.82, 2.24) is 5.32 Å². The fraction of sp³-hybridized carbons (Fsp3) is 0.333. The average Bonchev–Trinajstić information content (AvgIpc) is 2.36. The van der Waals surface area contributed by atoms with Gasteiger partial charge in [-0.3, -0.25) is 4.79 Å². The summed E-state index contributed by atoms with van der Waals surface area (Å²) in [5.74, 6) is -2.27. The van der Waals surface area contributed by atoms with Crippen LogP contribution in [-0.2, 0) is 9.53 Å². The van der Waals surface area contributed by atoms with Gasteiger partial charge in [-0.05, 0) is 18.2 Å². The zero-order chi connectivity index (χ0) is 15.9. The molecule has 0 radical (unpaired) electrons. The van der Waals surface area contributed by atoms with Gasteiger partial charge in [-0.2, -0.15) is 0 Å². The third kappa shape index (κ3) is 7.16. The molecule has 0 aliphatic carbocycles. The Morgan fingerprint density at radius 3 is 2.62 bits per heavy atom. The van der Waals surface area contributed by atoms with Crippen LogP contribution in [0.1, 0.15) is 10.4 Å². The molecule has 0 bridgehead atoms. The van der Waals surface area contributed by atoms with Gasteiger partial charge in [0.15, 0.2) is 0 Å². The Morgan fingerprint density at radius 2 is 2.00 bits per heavy atom. The standard InChI is InChI=1S/C12H12F3NO5/c13-12(14,15)21-9-3-1-2-8(6-9)11(19)16-4-5-20-7-10(17)18/h1-3,6H,4-5,7H2,(H,16,19)(H,17,18). The number of hydrogen-bond donors (Lipinski definition) is 2. The summed E-state index contributed by atoms with van der Waals surface area (Å²) in [5, 5.41) is 10.7. The van der Waals surface area contributed by atoms with Crippen molar-refractivity contribution in [3.05, 3.63) is 29.8 Å². The van der Waals surface area contributed by atoms with Crippen LogP contribution < -0.4 is 10.1 Å². The number of carboxylic acids is 1. The molecule has 0 aromatic heterocycles. The topological polar surface area (TPSA) is 84.9 Å². The van der Waals surface area contributed by atoms with Gasteiger partial charge in [0.1, 0.15) is 12.4 Å². The second kappa shape index (κ2) is 7.48. The zero-order valence-electron chi connectivity index (χ0n) is 10.6. The van der Waals surface area contributed by atoms with Crippen LogP contribution in [0.4, 0.5) is 13.2 Å². The maximum atomic E-state index is 12.0. The van der Waals surface area contributed by atoms with Crippen molar-refractivity contribution in [1.29, 1.82) is 0 Å². The van der Waals surface area contributed by atoms with Crippen LogP contribution in [0.3, 0.4) is 0 Å². The van der Waals surface area contributed by atoms with Crippen molar-refractivity contribution in [2.75, 3.05) is 19.8 Å². The summed E-state index contributed by atoms with van der Waals surface area (Å²) in [6.45, 7) is -0.502. The molecule has 0 saturated carbocycles. The number of hydrogen-bond acceptors (Lipinski definition) is 4. The molecule has 2 N–H and O–H groups in total. The Labute approximate surface area is 117 Å². The second-order valence-corrected chi connectivity index (χ2v) is 3.78. The molecule has 0 heterocycles. The monoisotopic (exact) mass is 307 g/mol. The first kappa shape index (κ1) is 16.8. The Bertz CT molecular complexity index is 504. The van der Waals surface area contributed by atoms with Crippen molar-refractivity contribution in [2.45, 2.75) is 6.36 Å². The molecular weight excluding hydrogens is 295 g/mol. The van der Waals surface area contributed by atoms with Crippen LogP contribution in [0.2, 0.25) is 0 Å². The van der Waals surface area contributed by atoms with E-state index in [1.165, 1.54) is 12.1 Å². The van der Waals surface area contributed by atoms with Crippen molar-refractivity contribution < 1.29 is 37.3 Å². The predicted molar refractivity (Wildman–Crippen MR) is 63.9 cm³/mol. The summed E-state index contributed by atoms with van der Waals surface area (Å²) in [6, 6.07) is 4.58. The normalized spacial score (nSPS) is 11.0. The number of halogens is 3. The maximum Gasteiger partial charge on any atom is 0.573 e. The number of aliphatic carboxylic acids is 1. The van der Waals surface area contributed by atoms with Crippen molar-refractivity contribution in [3.8, 4) is 5.75 Å². The Morgan fingerprint density at radius 1 is 1.29 bits per heavy atom. The Kier molecular flexibility index (Phi) is 5.97. The van der Waals surface area contributed by atoms with Gasteiger partial charge < -0.3 is 19.9 Å². The number of carboxylic acid groups (broad SMARTS) is 1. The number of carbonyl (C=O) groups excluding carboxylic acids is 1. The SMILES string of the molecule is O=C(O)COCCNC(=O)c1cccc(OC(F)(F)F)c1. The van der Waals surface area contributed by atoms with E-state index in [-0.39, 0.29) is 18.7 Å². The van der Waals surface area contributed by atoms with Gasteiger partial charge in [0.25, 0.3) is 5.91 Å². The number of rotatable bonds is 7. The van der Waals surface area contributed by atoms with Crippen LogP contribution in [0.5, 0.6) is 5.75 Å². The number of ether oxygens (including phenoxy) is 2. The minimum absolute atomic E-state index is 0.0185.